The maximum atomic E-state index is 3.75. The van der Waals surface area contributed by atoms with Crippen molar-refractivity contribution in [2.45, 2.75) is 32.4 Å². The van der Waals surface area contributed by atoms with Crippen LogP contribution in [0, 0.1) is 5.92 Å². The van der Waals surface area contributed by atoms with E-state index in [4.69, 9.17) is 0 Å². The number of rotatable bonds is 4. The zero-order valence-electron chi connectivity index (χ0n) is 8.77. The molecule has 1 fully saturated rings. The Morgan fingerprint density at radius 2 is 2.21 bits per heavy atom. The fourth-order valence-corrected chi connectivity index (χ4v) is 5.42. The van der Waals surface area contributed by atoms with Crippen molar-refractivity contribution >= 4 is 42.7 Å². The molecule has 84 valence electrons. The van der Waals surface area contributed by atoms with E-state index in [1.54, 1.807) is 0 Å². The molecule has 1 aliphatic rings. The fourth-order valence-electron chi connectivity index (χ4n) is 2.04. The Kier molecular flexibility index (Phi) is 6.78. The summed E-state index contributed by atoms with van der Waals surface area (Å²) in [5.41, 5.74) is 0. The molecule has 1 saturated heterocycles. The van der Waals surface area contributed by atoms with Gasteiger partial charge in [0.1, 0.15) is 0 Å². The molecular formula is C7H21N2P5. The molecule has 2 nitrogen and oxygen atoms in total. The molecule has 0 saturated carbocycles. The molecule has 1 rings (SSSR count). The summed E-state index contributed by atoms with van der Waals surface area (Å²) < 4.78 is 2.42. The lowest BCUT2D eigenvalue weighted by atomic mass is 9.99. The Balaban J connectivity index is 2.51. The Labute approximate surface area is 97.4 Å². The van der Waals surface area contributed by atoms with Crippen LogP contribution < -0.4 is 5.09 Å². The second-order valence-electron chi connectivity index (χ2n) is 4.00. The van der Waals surface area contributed by atoms with E-state index in [0.29, 0.717) is 12.1 Å². The average molecular weight is 288 g/mol. The largest absolute Gasteiger partial charge is 0.285 e. The SMILES string of the molecule is CC(C)C1C(NP(P)PP)CCN1P. The second kappa shape index (κ2) is 6.72. The highest BCUT2D eigenvalue weighted by Gasteiger charge is 2.34. The molecular weight excluding hydrogens is 267 g/mol. The van der Waals surface area contributed by atoms with Crippen molar-refractivity contribution in [2.24, 2.45) is 5.92 Å². The second-order valence-corrected chi connectivity index (χ2v) is 13.6. The zero-order chi connectivity index (χ0) is 10.7. The lowest BCUT2D eigenvalue weighted by Gasteiger charge is -2.30. The topological polar surface area (TPSA) is 15.3 Å². The first-order chi connectivity index (χ1) is 6.56. The van der Waals surface area contributed by atoms with Crippen molar-refractivity contribution in [3.8, 4) is 0 Å². The van der Waals surface area contributed by atoms with Gasteiger partial charge in [-0.1, -0.05) is 40.1 Å². The third-order valence-electron chi connectivity index (χ3n) is 2.62. The van der Waals surface area contributed by atoms with Crippen molar-refractivity contribution in [1.29, 1.82) is 0 Å². The fraction of sp³-hybridized carbons (Fsp3) is 1.00. The minimum absolute atomic E-state index is 0.0383. The van der Waals surface area contributed by atoms with Crippen LogP contribution in [0.4, 0.5) is 0 Å². The Morgan fingerprint density at radius 3 is 2.71 bits per heavy atom. The predicted octanol–water partition coefficient (Wildman–Crippen LogP) is 3.04. The number of hydrogen-bond donors (Lipinski definition) is 1. The molecule has 0 aromatic rings. The molecule has 0 spiro atoms. The summed E-state index contributed by atoms with van der Waals surface area (Å²) in [6.07, 6.45) is 1.29. The number of hydrogen-bond acceptors (Lipinski definition) is 2. The maximum Gasteiger partial charge on any atom is 0.0309 e. The van der Waals surface area contributed by atoms with Gasteiger partial charge in [-0.15, -0.1) is 8.93 Å². The molecule has 14 heavy (non-hydrogen) atoms. The van der Waals surface area contributed by atoms with Gasteiger partial charge in [-0.3, -0.25) is 9.76 Å². The summed E-state index contributed by atoms with van der Waals surface area (Å²) in [5.74, 6) is 0.730. The van der Waals surface area contributed by atoms with Crippen LogP contribution in [0.5, 0.6) is 0 Å². The summed E-state index contributed by atoms with van der Waals surface area (Å²) in [7, 11) is 9.56. The number of nitrogens with one attached hydrogen (secondary N) is 1. The Morgan fingerprint density at radius 1 is 1.57 bits per heavy atom. The first-order valence-electron chi connectivity index (χ1n) is 4.85. The standard InChI is InChI=1S/C7H21N2P5/c1-5(2)7-6(3-4-9(7)10)8-14(12)13-11/h5-8,13H,3-4,10-12H2,1-2H3. The molecule has 7 unspecified atom stereocenters. The molecule has 0 aromatic carbocycles. The highest BCUT2D eigenvalue weighted by atomic mass is 32.6. The van der Waals surface area contributed by atoms with Gasteiger partial charge in [0.05, 0.1) is 0 Å². The van der Waals surface area contributed by atoms with Crippen LogP contribution in [0.25, 0.3) is 0 Å². The minimum atomic E-state index is -0.0383. The molecule has 0 aliphatic carbocycles. The van der Waals surface area contributed by atoms with Crippen molar-refractivity contribution in [1.82, 2.24) is 9.76 Å². The first kappa shape index (κ1) is 14.1. The summed E-state index contributed by atoms with van der Waals surface area (Å²) >= 11 is 0. The van der Waals surface area contributed by atoms with Crippen LogP contribution in [0.1, 0.15) is 20.3 Å². The predicted molar refractivity (Wildman–Crippen MR) is 81.2 cm³/mol. The van der Waals surface area contributed by atoms with Gasteiger partial charge in [0.15, 0.2) is 0 Å². The monoisotopic (exact) mass is 288 g/mol. The van der Waals surface area contributed by atoms with Gasteiger partial charge in [0, 0.05) is 26.1 Å². The number of nitrogens with zero attached hydrogens (tertiary/aromatic N) is 1. The molecule has 1 aliphatic heterocycles. The van der Waals surface area contributed by atoms with E-state index in [0.717, 1.165) is 13.9 Å². The molecule has 1 heterocycles. The molecule has 0 amide bonds. The van der Waals surface area contributed by atoms with Gasteiger partial charge < -0.3 is 0 Å². The molecule has 1 N–H and O–H groups in total. The summed E-state index contributed by atoms with van der Waals surface area (Å²) in [4.78, 5) is 0. The van der Waals surface area contributed by atoms with Crippen LogP contribution in [-0.2, 0) is 0 Å². The van der Waals surface area contributed by atoms with E-state index >= 15 is 0 Å². The Hall–Kier alpha value is 2.07. The lowest BCUT2D eigenvalue weighted by Crippen LogP contribution is -2.39. The molecule has 7 atom stereocenters. The van der Waals surface area contributed by atoms with Crippen LogP contribution in [0.3, 0.4) is 0 Å². The summed E-state index contributed by atoms with van der Waals surface area (Å²) in [6, 6.07) is 1.37. The van der Waals surface area contributed by atoms with Gasteiger partial charge >= 0.3 is 0 Å². The van der Waals surface area contributed by atoms with Gasteiger partial charge in [0.2, 0.25) is 0 Å². The molecule has 7 heteroatoms. The van der Waals surface area contributed by atoms with E-state index in [1.165, 1.54) is 13.0 Å². The minimum Gasteiger partial charge on any atom is -0.285 e. The lowest BCUT2D eigenvalue weighted by molar-refractivity contribution is 0.312. The molecule has 0 radical (unpaired) electrons. The summed E-state index contributed by atoms with van der Waals surface area (Å²) in [6.45, 7) is 5.84. The Bertz CT molecular complexity index is 179. The van der Waals surface area contributed by atoms with Crippen LogP contribution in [0.15, 0.2) is 0 Å². The quantitative estimate of drug-likeness (QED) is 0.800. The van der Waals surface area contributed by atoms with Crippen molar-refractivity contribution in [3.63, 3.8) is 0 Å². The van der Waals surface area contributed by atoms with Gasteiger partial charge in [-0.2, -0.15) is 0 Å². The van der Waals surface area contributed by atoms with Gasteiger partial charge in [-0.25, -0.2) is 0 Å². The van der Waals surface area contributed by atoms with Crippen molar-refractivity contribution in [2.75, 3.05) is 6.54 Å². The van der Waals surface area contributed by atoms with E-state index in [9.17, 15) is 0 Å². The van der Waals surface area contributed by atoms with Crippen LogP contribution in [-0.4, -0.2) is 23.3 Å². The zero-order valence-corrected chi connectivity index (χ0v) is 14.1. The van der Waals surface area contributed by atoms with Gasteiger partial charge in [-0.05, 0) is 12.3 Å². The highest BCUT2D eigenvalue weighted by molar-refractivity contribution is 8.60. The highest BCUT2D eigenvalue weighted by Crippen LogP contribution is 2.63. The van der Waals surface area contributed by atoms with Crippen molar-refractivity contribution in [3.05, 3.63) is 0 Å². The normalized spacial score (nSPS) is 32.1. The maximum absolute atomic E-state index is 3.75. The van der Waals surface area contributed by atoms with E-state index < -0.39 is 0 Å². The van der Waals surface area contributed by atoms with E-state index in [2.05, 4.69) is 50.9 Å². The van der Waals surface area contributed by atoms with Crippen molar-refractivity contribution < 1.29 is 0 Å². The summed E-state index contributed by atoms with van der Waals surface area (Å²) in [5, 5.41) is 3.75. The molecule has 0 aromatic heterocycles. The third kappa shape index (κ3) is 3.82. The first-order valence-corrected chi connectivity index (χ1v) is 12.0. The third-order valence-corrected chi connectivity index (χ3v) is 12.3. The van der Waals surface area contributed by atoms with E-state index in [1.807, 2.05) is 0 Å². The average Bonchev–Trinajstić information content (AvgIpc) is 2.46. The van der Waals surface area contributed by atoms with E-state index in [-0.39, 0.29) is 7.45 Å². The van der Waals surface area contributed by atoms with Crippen LogP contribution >= 0.6 is 42.7 Å². The molecule has 0 bridgehead atoms. The van der Waals surface area contributed by atoms with Crippen LogP contribution in [0.2, 0.25) is 0 Å². The van der Waals surface area contributed by atoms with Gasteiger partial charge in [0.25, 0.3) is 0 Å². The smallest absolute Gasteiger partial charge is 0.0309 e.